The first kappa shape index (κ1) is 18.3. The van der Waals surface area contributed by atoms with Gasteiger partial charge in [-0.2, -0.15) is 4.98 Å². The molecule has 4 rings (SSSR count). The molecule has 8 nitrogen and oxygen atoms in total. The highest BCUT2D eigenvalue weighted by molar-refractivity contribution is 9.10. The molecule has 0 aliphatic carbocycles. The summed E-state index contributed by atoms with van der Waals surface area (Å²) in [5, 5.41) is 5.02. The van der Waals surface area contributed by atoms with Crippen molar-refractivity contribution in [3.8, 4) is 17.3 Å². The number of hydrogen-bond acceptors (Lipinski definition) is 6. The van der Waals surface area contributed by atoms with E-state index in [1.807, 2.05) is 24.3 Å². The summed E-state index contributed by atoms with van der Waals surface area (Å²) in [5.74, 6) is 1.75. The average molecular weight is 445 g/mol. The molecule has 3 aromatic heterocycles. The molecule has 0 saturated heterocycles. The molecule has 0 unspecified atom stereocenters. The van der Waals surface area contributed by atoms with Crippen molar-refractivity contribution in [2.24, 2.45) is 0 Å². The normalized spacial score (nSPS) is 11.1. The zero-order valence-electron chi connectivity index (χ0n) is 15.2. The Morgan fingerprint density at radius 2 is 2.14 bits per heavy atom. The maximum Gasteiger partial charge on any atom is 0.289 e. The van der Waals surface area contributed by atoms with Crippen LogP contribution in [0.5, 0.6) is 5.75 Å². The number of aromatic nitrogens is 3. The molecule has 3 heterocycles. The van der Waals surface area contributed by atoms with Crippen molar-refractivity contribution >= 4 is 32.7 Å². The number of rotatable bonds is 6. The van der Waals surface area contributed by atoms with Gasteiger partial charge in [-0.3, -0.25) is 4.79 Å². The number of ether oxygens (including phenoxy) is 1. The van der Waals surface area contributed by atoms with Gasteiger partial charge in [0.15, 0.2) is 16.3 Å². The van der Waals surface area contributed by atoms with E-state index in [9.17, 15) is 4.79 Å². The third-order valence-electron chi connectivity index (χ3n) is 4.33. The van der Waals surface area contributed by atoms with Crippen LogP contribution in [0.3, 0.4) is 0 Å². The van der Waals surface area contributed by atoms with E-state index in [0.717, 1.165) is 22.3 Å². The van der Waals surface area contributed by atoms with Crippen LogP contribution in [0.4, 0.5) is 0 Å². The van der Waals surface area contributed by atoms with Gasteiger partial charge in [0.1, 0.15) is 11.4 Å². The molecule has 0 spiro atoms. The fraction of sp³-hybridized carbons (Fsp3) is 0.211. The number of benzene rings is 1. The van der Waals surface area contributed by atoms with Crippen molar-refractivity contribution in [3.05, 3.63) is 52.7 Å². The quantitative estimate of drug-likeness (QED) is 0.484. The van der Waals surface area contributed by atoms with Crippen LogP contribution < -0.4 is 4.74 Å². The van der Waals surface area contributed by atoms with Gasteiger partial charge >= 0.3 is 0 Å². The number of likely N-dealkylation sites (N-methyl/N-ethyl adjacent to an activating group) is 1. The number of carbonyl (C=O) groups excluding carboxylic acids is 1. The van der Waals surface area contributed by atoms with Gasteiger partial charge in [0, 0.05) is 37.0 Å². The highest BCUT2D eigenvalue weighted by Gasteiger charge is 2.17. The van der Waals surface area contributed by atoms with E-state index in [0.29, 0.717) is 29.4 Å². The highest BCUT2D eigenvalue weighted by atomic mass is 79.9. The van der Waals surface area contributed by atoms with Crippen molar-refractivity contribution in [3.63, 3.8) is 0 Å². The second-order valence-electron chi connectivity index (χ2n) is 6.23. The van der Waals surface area contributed by atoms with Gasteiger partial charge in [0.05, 0.1) is 7.11 Å². The summed E-state index contributed by atoms with van der Waals surface area (Å²) >= 11 is 3.19. The minimum atomic E-state index is -0.209. The summed E-state index contributed by atoms with van der Waals surface area (Å²) in [6.45, 7) is 0.431. The van der Waals surface area contributed by atoms with Crippen LogP contribution in [-0.4, -0.2) is 46.6 Å². The van der Waals surface area contributed by atoms with E-state index in [-0.39, 0.29) is 11.7 Å². The first-order valence-corrected chi connectivity index (χ1v) is 9.33. The van der Waals surface area contributed by atoms with Crippen molar-refractivity contribution in [1.29, 1.82) is 0 Å². The zero-order chi connectivity index (χ0) is 19.7. The van der Waals surface area contributed by atoms with Crippen LogP contribution in [-0.2, 0) is 6.42 Å². The molecule has 28 heavy (non-hydrogen) atoms. The molecule has 0 atom stereocenters. The number of hydrogen-bond donors (Lipinski definition) is 1. The summed E-state index contributed by atoms with van der Waals surface area (Å²) in [6.07, 6.45) is 0.460. The van der Waals surface area contributed by atoms with Crippen LogP contribution in [0.15, 0.2) is 50.0 Å². The SMILES string of the molecule is COc1ccc2cc(-c3nc(CCN(C)C(=O)c4ccc(Br)o4)no3)[nH]c2c1. The summed E-state index contributed by atoms with van der Waals surface area (Å²) in [6, 6.07) is 11.0. The average Bonchev–Trinajstić information content (AvgIpc) is 3.43. The molecule has 4 aromatic rings. The number of nitrogens with one attached hydrogen (secondary N) is 1. The summed E-state index contributed by atoms with van der Waals surface area (Å²) in [7, 11) is 3.33. The van der Waals surface area contributed by atoms with Crippen LogP contribution in [0.25, 0.3) is 22.5 Å². The second-order valence-corrected chi connectivity index (χ2v) is 7.01. The smallest absolute Gasteiger partial charge is 0.289 e. The second kappa shape index (κ2) is 7.51. The summed E-state index contributed by atoms with van der Waals surface area (Å²) in [5.41, 5.74) is 1.65. The number of fused-ring (bicyclic) bond motifs is 1. The van der Waals surface area contributed by atoms with E-state index in [2.05, 4.69) is 31.1 Å². The molecule has 1 aromatic carbocycles. The Hall–Kier alpha value is -3.07. The Balaban J connectivity index is 1.43. The number of halogens is 1. The molecule has 144 valence electrons. The van der Waals surface area contributed by atoms with Crippen molar-refractivity contribution < 1.29 is 18.5 Å². The van der Waals surface area contributed by atoms with Gasteiger partial charge in [-0.25, -0.2) is 0 Å². The lowest BCUT2D eigenvalue weighted by Crippen LogP contribution is -2.28. The maximum atomic E-state index is 12.3. The van der Waals surface area contributed by atoms with Gasteiger partial charge in [0.2, 0.25) is 0 Å². The first-order chi connectivity index (χ1) is 13.5. The topological polar surface area (TPSA) is 97.4 Å². The minimum Gasteiger partial charge on any atom is -0.497 e. The molecule has 0 radical (unpaired) electrons. The van der Waals surface area contributed by atoms with E-state index in [4.69, 9.17) is 13.7 Å². The van der Waals surface area contributed by atoms with Gasteiger partial charge < -0.3 is 23.6 Å². The predicted octanol–water partition coefficient (Wildman–Crippen LogP) is 3.90. The largest absolute Gasteiger partial charge is 0.497 e. The molecule has 0 saturated carbocycles. The number of carbonyl (C=O) groups is 1. The molecule has 0 aliphatic rings. The number of methoxy groups -OCH3 is 1. The van der Waals surface area contributed by atoms with E-state index >= 15 is 0 Å². The van der Waals surface area contributed by atoms with Crippen molar-refractivity contribution in [1.82, 2.24) is 20.0 Å². The Bertz CT molecular complexity index is 1130. The number of nitrogens with zero attached hydrogens (tertiary/aromatic N) is 3. The van der Waals surface area contributed by atoms with Gasteiger partial charge in [0.25, 0.3) is 11.8 Å². The van der Waals surface area contributed by atoms with Gasteiger partial charge in [-0.05, 0) is 46.3 Å². The van der Waals surface area contributed by atoms with E-state index in [1.54, 1.807) is 31.2 Å². The standard InChI is InChI=1S/C19H17BrN4O4/c1-24(19(25)15-5-6-16(20)27-15)8-7-17-22-18(28-23-17)14-9-11-3-4-12(26-2)10-13(11)21-14/h3-6,9-10,21H,7-8H2,1-2H3. The fourth-order valence-electron chi connectivity index (χ4n) is 2.80. The number of H-pyrrole nitrogens is 1. The minimum absolute atomic E-state index is 0.209. The monoisotopic (exact) mass is 444 g/mol. The third-order valence-corrected chi connectivity index (χ3v) is 4.76. The molecule has 9 heteroatoms. The Labute approximate surface area is 168 Å². The third kappa shape index (κ3) is 3.65. The lowest BCUT2D eigenvalue weighted by Gasteiger charge is -2.14. The lowest BCUT2D eigenvalue weighted by molar-refractivity contribution is 0.0763. The Morgan fingerprint density at radius 1 is 1.29 bits per heavy atom. The molecule has 0 bridgehead atoms. The number of amides is 1. The van der Waals surface area contributed by atoms with E-state index in [1.165, 1.54) is 0 Å². The van der Waals surface area contributed by atoms with Crippen LogP contribution in [0, 0.1) is 0 Å². The summed E-state index contributed by atoms with van der Waals surface area (Å²) < 4.78 is 16.4. The van der Waals surface area contributed by atoms with Crippen LogP contribution in [0.1, 0.15) is 16.4 Å². The maximum absolute atomic E-state index is 12.3. The number of aromatic amines is 1. The summed E-state index contributed by atoms with van der Waals surface area (Å²) in [4.78, 5) is 21.5. The van der Waals surface area contributed by atoms with Gasteiger partial charge in [-0.15, -0.1) is 0 Å². The molecule has 0 aliphatic heterocycles. The highest BCUT2D eigenvalue weighted by Crippen LogP contribution is 2.26. The van der Waals surface area contributed by atoms with Gasteiger partial charge in [-0.1, -0.05) is 5.16 Å². The zero-order valence-corrected chi connectivity index (χ0v) is 16.8. The van der Waals surface area contributed by atoms with Crippen LogP contribution >= 0.6 is 15.9 Å². The first-order valence-electron chi connectivity index (χ1n) is 8.54. The fourth-order valence-corrected chi connectivity index (χ4v) is 3.11. The molecule has 1 amide bonds. The van der Waals surface area contributed by atoms with Crippen molar-refractivity contribution in [2.45, 2.75) is 6.42 Å². The lowest BCUT2D eigenvalue weighted by atomic mass is 10.2. The molecular weight excluding hydrogens is 428 g/mol. The van der Waals surface area contributed by atoms with E-state index < -0.39 is 0 Å². The molecule has 1 N–H and O–H groups in total. The molecule has 0 fully saturated rings. The van der Waals surface area contributed by atoms with Crippen molar-refractivity contribution in [2.75, 3.05) is 20.7 Å². The molecular formula is C19H17BrN4O4. The number of furan rings is 1. The Morgan fingerprint density at radius 3 is 2.89 bits per heavy atom. The predicted molar refractivity (Wildman–Crippen MR) is 105 cm³/mol. The Kier molecular flexibility index (Phi) is 4.91. The van der Waals surface area contributed by atoms with Crippen LogP contribution in [0.2, 0.25) is 0 Å².